The monoisotopic (exact) mass is 372 g/mol. The molecule has 1 amide bonds. The first-order chi connectivity index (χ1) is 12.7. The van der Waals surface area contributed by atoms with Crippen molar-refractivity contribution in [2.45, 2.75) is 25.3 Å². The van der Waals surface area contributed by atoms with Crippen LogP contribution >= 0.6 is 11.8 Å². The normalized spacial score (nSPS) is 12.2. The Labute approximate surface area is 156 Å². The molecule has 0 saturated heterocycles. The van der Waals surface area contributed by atoms with Crippen LogP contribution in [0.3, 0.4) is 0 Å². The van der Waals surface area contributed by atoms with Crippen molar-refractivity contribution in [1.29, 1.82) is 0 Å². The molecule has 0 spiro atoms. The number of benzene rings is 1. The molecule has 0 aliphatic heterocycles. The minimum atomic E-state index is -0.282. The van der Waals surface area contributed by atoms with Gasteiger partial charge in [-0.25, -0.2) is 4.39 Å². The van der Waals surface area contributed by atoms with Gasteiger partial charge in [0.15, 0.2) is 11.5 Å². The van der Waals surface area contributed by atoms with E-state index in [4.69, 9.17) is 0 Å². The largest absolute Gasteiger partial charge is 0.346 e. The highest BCUT2D eigenvalue weighted by atomic mass is 32.2. The highest BCUT2D eigenvalue weighted by molar-refractivity contribution is 7.98. The van der Waals surface area contributed by atoms with Crippen LogP contribution in [0.5, 0.6) is 0 Å². The maximum atomic E-state index is 13.3. The number of thioether (sulfide) groups is 1. The van der Waals surface area contributed by atoms with Gasteiger partial charge in [-0.2, -0.15) is 11.8 Å². The van der Waals surface area contributed by atoms with Crippen LogP contribution in [0.4, 0.5) is 4.39 Å². The van der Waals surface area contributed by atoms with Gasteiger partial charge >= 0.3 is 0 Å². The molecule has 3 rings (SSSR count). The molecule has 5 nitrogen and oxygen atoms in total. The number of carbonyl (C=O) groups is 1. The maximum Gasteiger partial charge on any atom is 0.220 e. The summed E-state index contributed by atoms with van der Waals surface area (Å²) in [6.07, 6.45) is 5.50. The molecule has 0 aliphatic carbocycles. The summed E-state index contributed by atoms with van der Waals surface area (Å²) >= 11 is 1.72. The fourth-order valence-electron chi connectivity index (χ4n) is 2.82. The molecule has 0 fully saturated rings. The van der Waals surface area contributed by atoms with Crippen molar-refractivity contribution in [3.8, 4) is 0 Å². The highest BCUT2D eigenvalue weighted by Gasteiger charge is 2.20. The molecule has 1 unspecified atom stereocenters. The number of fused-ring (bicyclic) bond motifs is 1. The summed E-state index contributed by atoms with van der Waals surface area (Å²) in [5, 5.41) is 11.5. The van der Waals surface area contributed by atoms with Crippen LogP contribution in [0.15, 0.2) is 48.7 Å². The van der Waals surface area contributed by atoms with Crippen LogP contribution in [0, 0.1) is 5.82 Å². The molecule has 26 heavy (non-hydrogen) atoms. The van der Waals surface area contributed by atoms with E-state index in [1.54, 1.807) is 17.8 Å². The lowest BCUT2D eigenvalue weighted by Crippen LogP contribution is -2.30. The third kappa shape index (κ3) is 4.60. The number of nitrogens with zero attached hydrogens (tertiary/aromatic N) is 3. The van der Waals surface area contributed by atoms with Gasteiger partial charge in [0.2, 0.25) is 5.91 Å². The second-order valence-electron chi connectivity index (χ2n) is 6.02. The van der Waals surface area contributed by atoms with Crippen molar-refractivity contribution in [3.63, 3.8) is 0 Å². The lowest BCUT2D eigenvalue weighted by atomic mass is 10.1. The summed E-state index contributed by atoms with van der Waals surface area (Å²) in [6, 6.07) is 11.8. The zero-order valence-electron chi connectivity index (χ0n) is 14.6. The third-order valence-corrected chi connectivity index (χ3v) is 4.77. The average molecular weight is 372 g/mol. The van der Waals surface area contributed by atoms with Crippen molar-refractivity contribution in [3.05, 3.63) is 65.9 Å². The van der Waals surface area contributed by atoms with E-state index in [9.17, 15) is 9.18 Å². The van der Waals surface area contributed by atoms with Gasteiger partial charge in [0.05, 0.1) is 6.04 Å². The standard InChI is InChI=1S/C19H21FN4OS/c1-26-12-10-16(19-23-22-17-7-2-3-11-24(17)19)21-18(25)9-8-14-5-4-6-15(20)13-14/h2-7,11,13,16H,8-10,12H2,1H3,(H,21,25). The van der Waals surface area contributed by atoms with Crippen LogP contribution in [0.2, 0.25) is 0 Å². The first-order valence-electron chi connectivity index (χ1n) is 8.50. The molecule has 136 valence electrons. The van der Waals surface area contributed by atoms with Gasteiger partial charge in [0, 0.05) is 12.6 Å². The van der Waals surface area contributed by atoms with E-state index in [-0.39, 0.29) is 17.8 Å². The number of hydrogen-bond donors (Lipinski definition) is 1. The minimum absolute atomic E-state index is 0.0759. The SMILES string of the molecule is CSCCC(NC(=O)CCc1cccc(F)c1)c1nnc2ccccn12. The Morgan fingerprint density at radius 3 is 2.96 bits per heavy atom. The van der Waals surface area contributed by atoms with E-state index in [2.05, 4.69) is 15.5 Å². The second kappa shape index (κ2) is 8.80. The zero-order chi connectivity index (χ0) is 18.4. The Kier molecular flexibility index (Phi) is 6.22. The summed E-state index contributed by atoms with van der Waals surface area (Å²) in [7, 11) is 0. The second-order valence-corrected chi connectivity index (χ2v) is 7.00. The molecule has 1 atom stereocenters. The van der Waals surface area contributed by atoms with E-state index < -0.39 is 0 Å². The number of aromatic nitrogens is 3. The third-order valence-electron chi connectivity index (χ3n) is 4.13. The first-order valence-corrected chi connectivity index (χ1v) is 9.89. The summed E-state index contributed by atoms with van der Waals surface area (Å²) in [5.74, 6) is 1.27. The van der Waals surface area contributed by atoms with E-state index in [0.29, 0.717) is 12.8 Å². The van der Waals surface area contributed by atoms with Crippen LogP contribution in [0.25, 0.3) is 5.65 Å². The maximum absolute atomic E-state index is 13.3. The molecule has 3 aromatic rings. The van der Waals surface area contributed by atoms with Crippen molar-refractivity contribution in [2.75, 3.05) is 12.0 Å². The van der Waals surface area contributed by atoms with E-state index in [0.717, 1.165) is 29.2 Å². The van der Waals surface area contributed by atoms with Gasteiger partial charge < -0.3 is 5.32 Å². The summed E-state index contributed by atoms with van der Waals surface area (Å²) in [5.41, 5.74) is 1.57. The van der Waals surface area contributed by atoms with Crippen LogP contribution < -0.4 is 5.32 Å². The summed E-state index contributed by atoms with van der Waals surface area (Å²) in [4.78, 5) is 12.4. The smallest absolute Gasteiger partial charge is 0.220 e. The number of nitrogens with one attached hydrogen (secondary N) is 1. The van der Waals surface area contributed by atoms with Crippen molar-refractivity contribution in [2.24, 2.45) is 0 Å². The van der Waals surface area contributed by atoms with Gasteiger partial charge in [-0.3, -0.25) is 9.20 Å². The van der Waals surface area contributed by atoms with Gasteiger partial charge in [0.1, 0.15) is 5.82 Å². The quantitative estimate of drug-likeness (QED) is 0.658. The van der Waals surface area contributed by atoms with Crippen molar-refractivity contribution in [1.82, 2.24) is 19.9 Å². The van der Waals surface area contributed by atoms with Gasteiger partial charge in [-0.05, 0) is 54.7 Å². The minimum Gasteiger partial charge on any atom is -0.346 e. The fraction of sp³-hybridized carbons (Fsp3) is 0.316. The number of pyridine rings is 1. The number of amides is 1. The van der Waals surface area contributed by atoms with Crippen LogP contribution in [-0.4, -0.2) is 32.5 Å². The lowest BCUT2D eigenvalue weighted by molar-refractivity contribution is -0.121. The van der Waals surface area contributed by atoms with Crippen molar-refractivity contribution >= 4 is 23.3 Å². The molecule has 1 N–H and O–H groups in total. The van der Waals surface area contributed by atoms with Gasteiger partial charge in [0.25, 0.3) is 0 Å². The topological polar surface area (TPSA) is 59.3 Å². The van der Waals surface area contributed by atoms with E-state index >= 15 is 0 Å². The van der Waals surface area contributed by atoms with E-state index in [1.807, 2.05) is 41.1 Å². The van der Waals surface area contributed by atoms with Gasteiger partial charge in [-0.1, -0.05) is 18.2 Å². The summed E-state index contributed by atoms with van der Waals surface area (Å²) in [6.45, 7) is 0. The fourth-order valence-corrected chi connectivity index (χ4v) is 3.29. The Bertz CT molecular complexity index is 883. The highest BCUT2D eigenvalue weighted by Crippen LogP contribution is 2.18. The number of rotatable bonds is 8. The molecular weight excluding hydrogens is 351 g/mol. The molecule has 7 heteroatoms. The Morgan fingerprint density at radius 1 is 1.27 bits per heavy atom. The Balaban J connectivity index is 1.69. The number of carbonyl (C=O) groups excluding carboxylic acids is 1. The van der Waals surface area contributed by atoms with Crippen LogP contribution in [-0.2, 0) is 11.2 Å². The Morgan fingerprint density at radius 2 is 2.15 bits per heavy atom. The molecule has 0 aliphatic rings. The van der Waals surface area contributed by atoms with Crippen molar-refractivity contribution < 1.29 is 9.18 Å². The lowest BCUT2D eigenvalue weighted by Gasteiger charge is -2.17. The molecule has 1 aromatic carbocycles. The molecular formula is C19H21FN4OS. The molecule has 2 aromatic heterocycles. The number of aryl methyl sites for hydroxylation is 1. The predicted octanol–water partition coefficient (Wildman–Crippen LogP) is 3.41. The van der Waals surface area contributed by atoms with Gasteiger partial charge in [-0.15, -0.1) is 10.2 Å². The average Bonchev–Trinajstić information content (AvgIpc) is 3.07. The van der Waals surface area contributed by atoms with Crippen LogP contribution in [0.1, 0.15) is 30.3 Å². The number of halogens is 1. The predicted molar refractivity (Wildman–Crippen MR) is 102 cm³/mol. The first kappa shape index (κ1) is 18.4. The molecule has 0 bridgehead atoms. The zero-order valence-corrected chi connectivity index (χ0v) is 15.4. The molecule has 0 saturated carbocycles. The molecule has 0 radical (unpaired) electrons. The number of hydrogen-bond acceptors (Lipinski definition) is 4. The van der Waals surface area contributed by atoms with E-state index in [1.165, 1.54) is 12.1 Å². The summed E-state index contributed by atoms with van der Waals surface area (Å²) < 4.78 is 15.2. The molecule has 2 heterocycles. The Hall–Kier alpha value is -2.41.